The van der Waals surface area contributed by atoms with Crippen molar-refractivity contribution in [3.05, 3.63) is 65.7 Å². The van der Waals surface area contributed by atoms with Crippen LogP contribution in [0.1, 0.15) is 17.5 Å². The Labute approximate surface area is 151 Å². The van der Waals surface area contributed by atoms with E-state index in [2.05, 4.69) is 0 Å². The molecule has 26 heavy (non-hydrogen) atoms. The van der Waals surface area contributed by atoms with Crippen LogP contribution in [0, 0.1) is 0 Å². The van der Waals surface area contributed by atoms with Gasteiger partial charge in [0, 0.05) is 25.6 Å². The van der Waals surface area contributed by atoms with Crippen molar-refractivity contribution in [2.75, 3.05) is 13.3 Å². The van der Waals surface area contributed by atoms with Crippen molar-refractivity contribution in [2.24, 2.45) is 5.73 Å². The van der Waals surface area contributed by atoms with Gasteiger partial charge in [-0.05, 0) is 29.3 Å². The number of carbonyl (C=O) groups is 2. The first-order valence-electron chi connectivity index (χ1n) is 8.31. The van der Waals surface area contributed by atoms with Crippen LogP contribution in [0.15, 0.2) is 54.6 Å². The summed E-state index contributed by atoms with van der Waals surface area (Å²) in [5.74, 6) is 0.735. The Bertz CT molecular complexity index is 818. The number of benzene rings is 2. The van der Waals surface area contributed by atoms with Crippen LogP contribution in [-0.2, 0) is 16.1 Å². The highest BCUT2D eigenvalue weighted by Gasteiger charge is 2.14. The molecular weight excluding hydrogens is 332 g/mol. The van der Waals surface area contributed by atoms with E-state index in [4.69, 9.17) is 15.2 Å². The second-order valence-corrected chi connectivity index (χ2v) is 5.91. The summed E-state index contributed by atoms with van der Waals surface area (Å²) in [4.78, 5) is 25.3. The molecule has 134 valence electrons. The lowest BCUT2D eigenvalue weighted by Crippen LogP contribution is -2.32. The van der Waals surface area contributed by atoms with Crippen LogP contribution in [0.5, 0.6) is 11.5 Å². The minimum Gasteiger partial charge on any atom is -0.454 e. The molecule has 1 heterocycles. The highest BCUT2D eigenvalue weighted by atomic mass is 16.7. The number of hydrogen-bond donors (Lipinski definition) is 1. The van der Waals surface area contributed by atoms with E-state index < -0.39 is 5.91 Å². The van der Waals surface area contributed by atoms with Crippen molar-refractivity contribution in [1.29, 1.82) is 0 Å². The third-order valence-corrected chi connectivity index (χ3v) is 3.97. The fraction of sp³-hybridized carbons (Fsp3) is 0.200. The number of fused-ring (bicyclic) bond motifs is 1. The third-order valence-electron chi connectivity index (χ3n) is 3.97. The molecule has 0 atom stereocenters. The maximum absolute atomic E-state index is 12.6. The van der Waals surface area contributed by atoms with Crippen molar-refractivity contribution < 1.29 is 19.1 Å². The zero-order valence-electron chi connectivity index (χ0n) is 14.3. The fourth-order valence-electron chi connectivity index (χ4n) is 2.61. The Morgan fingerprint density at radius 1 is 1.08 bits per heavy atom. The van der Waals surface area contributed by atoms with Gasteiger partial charge in [0.15, 0.2) is 11.5 Å². The lowest BCUT2D eigenvalue weighted by atomic mass is 10.1. The van der Waals surface area contributed by atoms with Crippen LogP contribution in [0.4, 0.5) is 0 Å². The van der Waals surface area contributed by atoms with Gasteiger partial charge in [-0.25, -0.2) is 0 Å². The van der Waals surface area contributed by atoms with Crippen molar-refractivity contribution in [3.8, 4) is 11.5 Å². The molecule has 2 N–H and O–H groups in total. The van der Waals surface area contributed by atoms with Gasteiger partial charge < -0.3 is 20.1 Å². The van der Waals surface area contributed by atoms with E-state index in [0.717, 1.165) is 11.1 Å². The number of ether oxygens (including phenoxy) is 2. The molecule has 0 unspecified atom stereocenters. The minimum atomic E-state index is -0.435. The summed E-state index contributed by atoms with van der Waals surface area (Å²) < 4.78 is 10.6. The normalized spacial score (nSPS) is 12.3. The smallest absolute Gasteiger partial charge is 0.246 e. The van der Waals surface area contributed by atoms with Gasteiger partial charge in [-0.3, -0.25) is 9.59 Å². The van der Waals surface area contributed by atoms with Crippen LogP contribution in [0.3, 0.4) is 0 Å². The number of nitrogens with two attached hydrogens (primary N) is 1. The van der Waals surface area contributed by atoms with Crippen LogP contribution in [-0.4, -0.2) is 30.1 Å². The zero-order valence-corrected chi connectivity index (χ0v) is 14.3. The van der Waals surface area contributed by atoms with Gasteiger partial charge >= 0.3 is 0 Å². The molecular formula is C20H20N2O4. The van der Waals surface area contributed by atoms with Crippen LogP contribution in [0.25, 0.3) is 6.08 Å². The van der Waals surface area contributed by atoms with Crippen LogP contribution >= 0.6 is 0 Å². The van der Waals surface area contributed by atoms with Crippen LogP contribution in [0.2, 0.25) is 0 Å². The first-order chi connectivity index (χ1) is 12.6. The monoisotopic (exact) mass is 352 g/mol. The average molecular weight is 352 g/mol. The molecule has 0 fully saturated rings. The molecule has 0 saturated carbocycles. The summed E-state index contributed by atoms with van der Waals surface area (Å²) in [5.41, 5.74) is 7.05. The van der Waals surface area contributed by atoms with Crippen molar-refractivity contribution >= 4 is 17.9 Å². The average Bonchev–Trinajstić information content (AvgIpc) is 3.11. The molecule has 2 amide bonds. The molecule has 0 saturated heterocycles. The number of hydrogen-bond acceptors (Lipinski definition) is 4. The molecule has 0 spiro atoms. The van der Waals surface area contributed by atoms with E-state index in [-0.39, 0.29) is 25.7 Å². The Hall–Kier alpha value is -3.28. The third kappa shape index (κ3) is 4.63. The lowest BCUT2D eigenvalue weighted by Gasteiger charge is -2.20. The van der Waals surface area contributed by atoms with Gasteiger partial charge in [-0.2, -0.15) is 0 Å². The van der Waals surface area contributed by atoms with E-state index in [1.807, 2.05) is 42.5 Å². The highest BCUT2D eigenvalue weighted by Crippen LogP contribution is 2.32. The molecule has 0 radical (unpaired) electrons. The van der Waals surface area contributed by atoms with Crippen molar-refractivity contribution in [1.82, 2.24) is 4.90 Å². The zero-order chi connectivity index (χ0) is 18.4. The van der Waals surface area contributed by atoms with Crippen molar-refractivity contribution in [3.63, 3.8) is 0 Å². The Morgan fingerprint density at radius 2 is 1.85 bits per heavy atom. The number of primary amides is 1. The van der Waals surface area contributed by atoms with E-state index in [1.54, 1.807) is 17.0 Å². The summed E-state index contributed by atoms with van der Waals surface area (Å²) in [5, 5.41) is 0. The number of rotatable bonds is 7. The summed E-state index contributed by atoms with van der Waals surface area (Å²) in [6.07, 6.45) is 3.32. The Balaban J connectivity index is 1.70. The molecule has 3 rings (SSSR count). The summed E-state index contributed by atoms with van der Waals surface area (Å²) in [7, 11) is 0. The van der Waals surface area contributed by atoms with E-state index in [1.165, 1.54) is 6.08 Å². The van der Waals surface area contributed by atoms with E-state index in [0.29, 0.717) is 18.0 Å². The van der Waals surface area contributed by atoms with Gasteiger partial charge in [0.25, 0.3) is 0 Å². The SMILES string of the molecule is NC(=O)CCN(Cc1ccccc1)C(=O)/C=C/c1ccc2c(c1)OCO2. The molecule has 0 aromatic heterocycles. The maximum Gasteiger partial charge on any atom is 0.246 e. The lowest BCUT2D eigenvalue weighted by molar-refractivity contribution is -0.127. The van der Waals surface area contributed by atoms with Gasteiger partial charge in [0.2, 0.25) is 18.6 Å². The predicted molar refractivity (Wildman–Crippen MR) is 97.3 cm³/mol. The molecule has 6 heteroatoms. The van der Waals surface area contributed by atoms with Crippen molar-refractivity contribution in [2.45, 2.75) is 13.0 Å². The fourth-order valence-corrected chi connectivity index (χ4v) is 2.61. The molecule has 1 aliphatic rings. The van der Waals surface area contributed by atoms with Gasteiger partial charge in [0.1, 0.15) is 0 Å². The second-order valence-electron chi connectivity index (χ2n) is 5.91. The minimum absolute atomic E-state index is 0.121. The Morgan fingerprint density at radius 3 is 2.62 bits per heavy atom. The van der Waals surface area contributed by atoms with Gasteiger partial charge in [-0.15, -0.1) is 0 Å². The first kappa shape index (κ1) is 17.5. The number of amides is 2. The standard InChI is InChI=1S/C20H20N2O4/c21-19(23)10-11-22(13-16-4-2-1-3-5-16)20(24)9-7-15-6-8-17-18(12-15)26-14-25-17/h1-9,12H,10-11,13-14H2,(H2,21,23)/b9-7+. The van der Waals surface area contributed by atoms with Gasteiger partial charge in [0.05, 0.1) is 0 Å². The molecule has 6 nitrogen and oxygen atoms in total. The number of carbonyl (C=O) groups excluding carboxylic acids is 2. The van der Waals surface area contributed by atoms with E-state index in [9.17, 15) is 9.59 Å². The molecule has 2 aromatic rings. The maximum atomic E-state index is 12.6. The Kier molecular flexibility index (Phi) is 5.53. The second kappa shape index (κ2) is 8.20. The topological polar surface area (TPSA) is 81.9 Å². The summed E-state index contributed by atoms with van der Waals surface area (Å²) in [6.45, 7) is 0.895. The molecule has 2 aromatic carbocycles. The molecule has 1 aliphatic heterocycles. The summed E-state index contributed by atoms with van der Waals surface area (Å²) >= 11 is 0. The quantitative estimate of drug-likeness (QED) is 0.776. The van der Waals surface area contributed by atoms with E-state index >= 15 is 0 Å². The largest absolute Gasteiger partial charge is 0.454 e. The van der Waals surface area contributed by atoms with Gasteiger partial charge in [-0.1, -0.05) is 36.4 Å². The molecule has 0 aliphatic carbocycles. The molecule has 0 bridgehead atoms. The summed E-state index contributed by atoms with van der Waals surface area (Å²) in [6, 6.07) is 15.1. The predicted octanol–water partition coefficient (Wildman–Crippen LogP) is 2.33. The number of nitrogens with zero attached hydrogens (tertiary/aromatic N) is 1. The van der Waals surface area contributed by atoms with Crippen LogP contribution < -0.4 is 15.2 Å². The first-order valence-corrected chi connectivity index (χ1v) is 8.31. The highest BCUT2D eigenvalue weighted by molar-refractivity contribution is 5.92.